The van der Waals surface area contributed by atoms with Crippen LogP contribution in [0.25, 0.3) is 0 Å². The van der Waals surface area contributed by atoms with Crippen molar-refractivity contribution in [1.29, 1.82) is 0 Å². The molecule has 1 heterocycles. The second-order valence-electron chi connectivity index (χ2n) is 4.37. The van der Waals surface area contributed by atoms with Gasteiger partial charge in [-0.15, -0.1) is 0 Å². The quantitative estimate of drug-likeness (QED) is 0.678. The molecule has 0 aliphatic carbocycles. The Bertz CT molecular complexity index is 470. The lowest BCUT2D eigenvalue weighted by atomic mass is 10.1. The van der Waals surface area contributed by atoms with Crippen LogP contribution in [-0.4, -0.2) is 4.57 Å². The average Bonchev–Trinajstić information content (AvgIpc) is 2.48. The standard InChI is InChI=1S/C14H19N2/c1-11-12(2)16(4)14(15(11)3)10-13-8-6-5-7-9-13/h5-9H,10H2,1-4H3/q+1. The largest absolute Gasteiger partial charge is 0.260 e. The number of benzene rings is 1. The van der Waals surface area contributed by atoms with Crippen LogP contribution in [0.1, 0.15) is 22.8 Å². The molecule has 0 fully saturated rings. The molecule has 0 amide bonds. The van der Waals surface area contributed by atoms with Crippen LogP contribution in [-0.2, 0) is 20.5 Å². The highest BCUT2D eigenvalue weighted by molar-refractivity contribution is 5.19. The molecule has 2 rings (SSSR count). The molecule has 2 aromatic rings. The van der Waals surface area contributed by atoms with Gasteiger partial charge < -0.3 is 0 Å². The van der Waals surface area contributed by atoms with E-state index in [1.165, 1.54) is 22.8 Å². The van der Waals surface area contributed by atoms with Gasteiger partial charge in [0.25, 0.3) is 5.82 Å². The zero-order valence-electron chi connectivity index (χ0n) is 10.5. The number of aromatic nitrogens is 2. The molecule has 0 bridgehead atoms. The SMILES string of the molecule is Cc1c(C)[n+](C)c(Cc2ccccc2)n1C. The van der Waals surface area contributed by atoms with E-state index in [0.717, 1.165) is 6.42 Å². The summed E-state index contributed by atoms with van der Waals surface area (Å²) in [5.41, 5.74) is 4.04. The summed E-state index contributed by atoms with van der Waals surface area (Å²) in [5.74, 6) is 1.35. The lowest BCUT2D eigenvalue weighted by Gasteiger charge is -1.99. The molecule has 0 aliphatic heterocycles. The molecule has 1 aromatic carbocycles. The minimum Gasteiger partial charge on any atom is -0.234 e. The van der Waals surface area contributed by atoms with E-state index in [9.17, 15) is 0 Å². The van der Waals surface area contributed by atoms with E-state index in [4.69, 9.17) is 0 Å². The molecule has 16 heavy (non-hydrogen) atoms. The minimum absolute atomic E-state index is 0.989. The number of hydrogen-bond donors (Lipinski definition) is 0. The lowest BCUT2D eigenvalue weighted by molar-refractivity contribution is -0.684. The maximum atomic E-state index is 2.28. The highest BCUT2D eigenvalue weighted by Gasteiger charge is 2.19. The summed E-state index contributed by atoms with van der Waals surface area (Å²) in [4.78, 5) is 0. The highest BCUT2D eigenvalue weighted by atomic mass is 15.1. The van der Waals surface area contributed by atoms with Crippen LogP contribution in [0.5, 0.6) is 0 Å². The first-order valence-electron chi connectivity index (χ1n) is 5.66. The fourth-order valence-electron chi connectivity index (χ4n) is 2.11. The van der Waals surface area contributed by atoms with E-state index >= 15 is 0 Å². The fourth-order valence-corrected chi connectivity index (χ4v) is 2.11. The zero-order chi connectivity index (χ0) is 11.7. The van der Waals surface area contributed by atoms with Crippen LogP contribution in [0.15, 0.2) is 30.3 Å². The summed E-state index contributed by atoms with van der Waals surface area (Å²) in [5, 5.41) is 0. The molecular weight excluding hydrogens is 196 g/mol. The molecule has 1 aromatic heterocycles. The Hall–Kier alpha value is -1.57. The van der Waals surface area contributed by atoms with Gasteiger partial charge >= 0.3 is 0 Å². The first kappa shape index (κ1) is 10.9. The minimum atomic E-state index is 0.989. The Morgan fingerprint density at radius 1 is 1.12 bits per heavy atom. The van der Waals surface area contributed by atoms with Crippen LogP contribution < -0.4 is 4.57 Å². The van der Waals surface area contributed by atoms with Gasteiger partial charge in [-0.3, -0.25) is 0 Å². The highest BCUT2D eigenvalue weighted by Crippen LogP contribution is 2.10. The topological polar surface area (TPSA) is 8.81 Å². The summed E-state index contributed by atoms with van der Waals surface area (Å²) >= 11 is 0. The summed E-state index contributed by atoms with van der Waals surface area (Å²) < 4.78 is 4.56. The maximum Gasteiger partial charge on any atom is 0.260 e. The van der Waals surface area contributed by atoms with Crippen molar-refractivity contribution in [3.05, 3.63) is 53.1 Å². The van der Waals surface area contributed by atoms with Gasteiger partial charge in [-0.2, -0.15) is 0 Å². The van der Waals surface area contributed by atoms with Gasteiger partial charge in [-0.1, -0.05) is 30.3 Å². The predicted molar refractivity (Wildman–Crippen MR) is 65.3 cm³/mol. The van der Waals surface area contributed by atoms with Crippen molar-refractivity contribution in [2.75, 3.05) is 0 Å². The molecule has 84 valence electrons. The van der Waals surface area contributed by atoms with E-state index in [2.05, 4.69) is 67.4 Å². The Morgan fingerprint density at radius 3 is 2.25 bits per heavy atom. The second-order valence-corrected chi connectivity index (χ2v) is 4.37. The zero-order valence-corrected chi connectivity index (χ0v) is 10.5. The van der Waals surface area contributed by atoms with Gasteiger partial charge in [0.15, 0.2) is 0 Å². The summed E-state index contributed by atoms with van der Waals surface area (Å²) in [7, 11) is 4.28. The third-order valence-corrected chi connectivity index (χ3v) is 3.51. The van der Waals surface area contributed by atoms with Gasteiger partial charge in [0.2, 0.25) is 0 Å². The summed E-state index contributed by atoms with van der Waals surface area (Å²) in [6.07, 6.45) is 0.989. The van der Waals surface area contributed by atoms with Crippen LogP contribution >= 0.6 is 0 Å². The van der Waals surface area contributed by atoms with Crippen molar-refractivity contribution >= 4 is 0 Å². The van der Waals surface area contributed by atoms with Crippen molar-refractivity contribution in [2.45, 2.75) is 20.3 Å². The Labute approximate surface area is 97.2 Å². The summed E-state index contributed by atoms with van der Waals surface area (Å²) in [6.45, 7) is 4.34. The van der Waals surface area contributed by atoms with Gasteiger partial charge in [0.1, 0.15) is 11.4 Å². The number of nitrogens with zero attached hydrogens (tertiary/aromatic N) is 2. The van der Waals surface area contributed by atoms with E-state index in [0.29, 0.717) is 0 Å². The van der Waals surface area contributed by atoms with E-state index in [1.807, 2.05) is 0 Å². The van der Waals surface area contributed by atoms with Crippen molar-refractivity contribution in [2.24, 2.45) is 14.1 Å². The first-order chi connectivity index (χ1) is 7.61. The molecule has 0 saturated carbocycles. The van der Waals surface area contributed by atoms with E-state index in [1.54, 1.807) is 0 Å². The van der Waals surface area contributed by atoms with Crippen molar-refractivity contribution in [3.8, 4) is 0 Å². The number of rotatable bonds is 2. The third kappa shape index (κ3) is 1.75. The molecule has 0 atom stereocenters. The molecule has 2 heteroatoms. The molecule has 0 spiro atoms. The molecule has 0 saturated heterocycles. The molecular formula is C14H19N2+. The smallest absolute Gasteiger partial charge is 0.234 e. The van der Waals surface area contributed by atoms with Gasteiger partial charge in [-0.05, 0) is 5.56 Å². The normalized spacial score (nSPS) is 10.8. The van der Waals surface area contributed by atoms with Crippen LogP contribution in [0.4, 0.5) is 0 Å². The summed E-state index contributed by atoms with van der Waals surface area (Å²) in [6, 6.07) is 10.6. The third-order valence-electron chi connectivity index (χ3n) is 3.51. The number of hydrogen-bond acceptors (Lipinski definition) is 0. The Morgan fingerprint density at radius 2 is 1.75 bits per heavy atom. The average molecular weight is 215 g/mol. The monoisotopic (exact) mass is 215 g/mol. The second kappa shape index (κ2) is 4.12. The van der Waals surface area contributed by atoms with Gasteiger partial charge in [0.05, 0.1) is 20.5 Å². The van der Waals surface area contributed by atoms with Gasteiger partial charge in [-0.25, -0.2) is 9.13 Å². The first-order valence-corrected chi connectivity index (χ1v) is 5.66. The molecule has 0 aliphatic rings. The van der Waals surface area contributed by atoms with Gasteiger partial charge in [0, 0.05) is 13.8 Å². The van der Waals surface area contributed by atoms with Crippen LogP contribution in [0.3, 0.4) is 0 Å². The molecule has 0 unspecified atom stereocenters. The molecule has 0 radical (unpaired) electrons. The Kier molecular flexibility index (Phi) is 2.82. The van der Waals surface area contributed by atoms with Crippen LogP contribution in [0.2, 0.25) is 0 Å². The van der Waals surface area contributed by atoms with Crippen molar-refractivity contribution < 1.29 is 4.57 Å². The van der Waals surface area contributed by atoms with Crippen molar-refractivity contribution in [3.63, 3.8) is 0 Å². The van der Waals surface area contributed by atoms with E-state index < -0.39 is 0 Å². The molecule has 0 N–H and O–H groups in total. The number of imidazole rings is 1. The van der Waals surface area contributed by atoms with Crippen LogP contribution in [0, 0.1) is 13.8 Å². The Balaban J connectivity index is 2.39. The molecule has 2 nitrogen and oxygen atoms in total. The van der Waals surface area contributed by atoms with E-state index in [-0.39, 0.29) is 0 Å². The fraction of sp³-hybridized carbons (Fsp3) is 0.357. The maximum absolute atomic E-state index is 2.28. The lowest BCUT2D eigenvalue weighted by Crippen LogP contribution is -2.35. The predicted octanol–water partition coefficient (Wildman–Crippen LogP) is 2.06. The van der Waals surface area contributed by atoms with Crippen molar-refractivity contribution in [1.82, 2.24) is 4.57 Å².